The van der Waals surface area contributed by atoms with Crippen LogP contribution in [0.4, 0.5) is 0 Å². The highest BCUT2D eigenvalue weighted by Crippen LogP contribution is 2.31. The predicted octanol–water partition coefficient (Wildman–Crippen LogP) is 3.80. The lowest BCUT2D eigenvalue weighted by atomic mass is 9.89. The Labute approximate surface area is 150 Å². The number of sulfonamides is 1. The third-order valence-electron chi connectivity index (χ3n) is 4.97. The van der Waals surface area contributed by atoms with Gasteiger partial charge in [-0.2, -0.15) is 4.31 Å². The van der Waals surface area contributed by atoms with Crippen LogP contribution in [0, 0.1) is 12.3 Å². The van der Waals surface area contributed by atoms with E-state index in [-0.39, 0.29) is 0 Å². The maximum Gasteiger partial charge on any atom is 0.243 e. The molecule has 4 heteroatoms. The van der Waals surface area contributed by atoms with Crippen LogP contribution in [0.3, 0.4) is 0 Å². The molecular weight excluding hydrogens is 330 g/mol. The molecule has 0 bridgehead atoms. The molecule has 0 radical (unpaired) electrons. The first-order valence-electron chi connectivity index (χ1n) is 8.70. The Kier molecular flexibility index (Phi) is 5.27. The Morgan fingerprint density at radius 1 is 1.04 bits per heavy atom. The molecule has 0 saturated carbocycles. The van der Waals surface area contributed by atoms with Gasteiger partial charge >= 0.3 is 0 Å². The van der Waals surface area contributed by atoms with Gasteiger partial charge in [0.2, 0.25) is 10.0 Å². The van der Waals surface area contributed by atoms with Crippen molar-refractivity contribution < 1.29 is 8.42 Å². The van der Waals surface area contributed by atoms with Crippen LogP contribution in [0.5, 0.6) is 0 Å². The minimum Gasteiger partial charge on any atom is -0.207 e. The highest BCUT2D eigenvalue weighted by Gasteiger charge is 2.29. The molecule has 25 heavy (non-hydrogen) atoms. The summed E-state index contributed by atoms with van der Waals surface area (Å²) in [5.41, 5.74) is 3.33. The van der Waals surface area contributed by atoms with Crippen LogP contribution in [-0.2, 0) is 16.4 Å². The van der Waals surface area contributed by atoms with Gasteiger partial charge in [-0.3, -0.25) is 0 Å². The number of benzene rings is 2. The Hall–Kier alpha value is -2.09. The fourth-order valence-electron chi connectivity index (χ4n) is 3.33. The van der Waals surface area contributed by atoms with Gasteiger partial charge < -0.3 is 0 Å². The van der Waals surface area contributed by atoms with E-state index >= 15 is 0 Å². The van der Waals surface area contributed by atoms with Crippen molar-refractivity contribution in [3.63, 3.8) is 0 Å². The van der Waals surface area contributed by atoms with Crippen molar-refractivity contribution in [1.29, 1.82) is 0 Å². The maximum atomic E-state index is 12.8. The Bertz CT molecular complexity index is 854. The fourth-order valence-corrected chi connectivity index (χ4v) is 4.80. The molecule has 0 aliphatic carbocycles. The summed E-state index contributed by atoms with van der Waals surface area (Å²) < 4.78 is 27.2. The number of hydrogen-bond donors (Lipinski definition) is 0. The van der Waals surface area contributed by atoms with Gasteiger partial charge in [0.1, 0.15) is 0 Å². The monoisotopic (exact) mass is 353 g/mol. The van der Waals surface area contributed by atoms with Gasteiger partial charge in [0.15, 0.2) is 0 Å². The largest absolute Gasteiger partial charge is 0.243 e. The van der Waals surface area contributed by atoms with Crippen molar-refractivity contribution in [2.45, 2.75) is 37.0 Å². The molecule has 2 aromatic rings. The van der Waals surface area contributed by atoms with Crippen molar-refractivity contribution in [3.05, 3.63) is 65.2 Å². The molecule has 3 nitrogen and oxygen atoms in total. The molecule has 1 fully saturated rings. The molecule has 2 aromatic carbocycles. The topological polar surface area (TPSA) is 37.4 Å². The van der Waals surface area contributed by atoms with E-state index in [1.807, 2.05) is 0 Å². The summed E-state index contributed by atoms with van der Waals surface area (Å²) in [6, 6.07) is 15.3. The highest BCUT2D eigenvalue weighted by atomic mass is 32.2. The van der Waals surface area contributed by atoms with Crippen LogP contribution >= 0.6 is 0 Å². The van der Waals surface area contributed by atoms with Crippen LogP contribution in [0.15, 0.2) is 53.4 Å². The van der Waals surface area contributed by atoms with E-state index in [2.05, 4.69) is 37.1 Å². The Balaban J connectivity index is 1.69. The zero-order valence-electron chi connectivity index (χ0n) is 14.5. The normalized spacial score (nSPS) is 16.5. The Morgan fingerprint density at radius 2 is 1.64 bits per heavy atom. The summed E-state index contributed by atoms with van der Waals surface area (Å²) in [5, 5.41) is 0. The van der Waals surface area contributed by atoms with Crippen molar-refractivity contribution in [2.75, 3.05) is 13.1 Å². The van der Waals surface area contributed by atoms with Crippen molar-refractivity contribution in [3.8, 4) is 12.3 Å². The molecule has 0 N–H and O–H groups in total. The van der Waals surface area contributed by atoms with Gasteiger partial charge in [-0.05, 0) is 60.6 Å². The summed E-state index contributed by atoms with van der Waals surface area (Å²) >= 11 is 0. The van der Waals surface area contributed by atoms with Gasteiger partial charge in [-0.1, -0.05) is 37.1 Å². The maximum absolute atomic E-state index is 12.8. The zero-order valence-corrected chi connectivity index (χ0v) is 15.3. The predicted molar refractivity (Wildman–Crippen MR) is 101 cm³/mol. The first-order valence-corrected chi connectivity index (χ1v) is 10.1. The van der Waals surface area contributed by atoms with E-state index in [9.17, 15) is 8.42 Å². The number of aryl methyl sites for hydroxylation is 1. The molecule has 0 atom stereocenters. The van der Waals surface area contributed by atoms with E-state index in [0.717, 1.165) is 19.3 Å². The summed E-state index contributed by atoms with van der Waals surface area (Å²) in [4.78, 5) is 0.317. The molecule has 0 spiro atoms. The lowest BCUT2D eigenvalue weighted by Crippen LogP contribution is -2.37. The molecular formula is C21H23NO2S. The lowest BCUT2D eigenvalue weighted by Gasteiger charge is -2.31. The summed E-state index contributed by atoms with van der Waals surface area (Å²) in [7, 11) is -3.44. The van der Waals surface area contributed by atoms with Crippen LogP contribution in [0.2, 0.25) is 0 Å². The summed E-state index contributed by atoms with van der Waals surface area (Å²) in [5.74, 6) is 2.94. The standard InChI is InChI=1S/C21H23NO2S/c1-3-17-5-9-19(10-6-17)20-13-15-22(16-14-20)25(23,24)21-11-7-18(4-2)8-12-21/h2,5-12,20H,3,13-16H2,1H3. The van der Waals surface area contributed by atoms with Crippen LogP contribution in [0.1, 0.15) is 42.4 Å². The van der Waals surface area contributed by atoms with Gasteiger partial charge in [0.05, 0.1) is 4.90 Å². The SMILES string of the molecule is C#Cc1ccc(S(=O)(=O)N2CCC(c3ccc(CC)cc3)CC2)cc1. The highest BCUT2D eigenvalue weighted by molar-refractivity contribution is 7.89. The van der Waals surface area contributed by atoms with E-state index < -0.39 is 10.0 Å². The zero-order chi connectivity index (χ0) is 17.9. The number of rotatable bonds is 4. The first kappa shape index (κ1) is 17.7. The molecule has 0 aromatic heterocycles. The van der Waals surface area contributed by atoms with E-state index in [4.69, 9.17) is 6.42 Å². The minimum absolute atomic E-state index is 0.317. The molecule has 1 aliphatic heterocycles. The number of terminal acetylenes is 1. The minimum atomic E-state index is -3.44. The molecule has 0 unspecified atom stereocenters. The third-order valence-corrected chi connectivity index (χ3v) is 6.88. The van der Waals surface area contributed by atoms with E-state index in [0.29, 0.717) is 29.5 Å². The van der Waals surface area contributed by atoms with Crippen molar-refractivity contribution in [1.82, 2.24) is 4.31 Å². The van der Waals surface area contributed by atoms with Gasteiger partial charge in [0.25, 0.3) is 0 Å². The first-order chi connectivity index (χ1) is 12.0. The summed E-state index contributed by atoms with van der Waals surface area (Å²) in [6.07, 6.45) is 8.08. The van der Waals surface area contributed by atoms with Crippen LogP contribution in [-0.4, -0.2) is 25.8 Å². The van der Waals surface area contributed by atoms with Gasteiger partial charge in [-0.15, -0.1) is 6.42 Å². The molecule has 1 heterocycles. The second-order valence-electron chi connectivity index (χ2n) is 6.44. The van der Waals surface area contributed by atoms with Crippen molar-refractivity contribution >= 4 is 10.0 Å². The molecule has 0 amide bonds. The van der Waals surface area contributed by atoms with E-state index in [1.165, 1.54) is 11.1 Å². The smallest absolute Gasteiger partial charge is 0.207 e. The molecule has 3 rings (SSSR count). The van der Waals surface area contributed by atoms with E-state index in [1.54, 1.807) is 28.6 Å². The van der Waals surface area contributed by atoms with Crippen molar-refractivity contribution in [2.24, 2.45) is 0 Å². The molecule has 1 aliphatic rings. The average Bonchev–Trinajstić information content (AvgIpc) is 2.68. The second-order valence-corrected chi connectivity index (χ2v) is 8.38. The van der Waals surface area contributed by atoms with Gasteiger partial charge in [0, 0.05) is 18.7 Å². The molecule has 1 saturated heterocycles. The third kappa shape index (κ3) is 3.78. The lowest BCUT2D eigenvalue weighted by molar-refractivity contribution is 0.319. The number of piperidine rings is 1. The quantitative estimate of drug-likeness (QED) is 0.784. The summed E-state index contributed by atoms with van der Waals surface area (Å²) in [6.45, 7) is 3.26. The van der Waals surface area contributed by atoms with Gasteiger partial charge in [-0.25, -0.2) is 8.42 Å². The average molecular weight is 353 g/mol. The fraction of sp³-hybridized carbons (Fsp3) is 0.333. The molecule has 130 valence electrons. The Morgan fingerprint density at radius 3 is 2.16 bits per heavy atom. The van der Waals surface area contributed by atoms with Crippen LogP contribution in [0.25, 0.3) is 0 Å². The van der Waals surface area contributed by atoms with Crippen LogP contribution < -0.4 is 0 Å². The number of nitrogens with zero attached hydrogens (tertiary/aromatic N) is 1. The number of hydrogen-bond acceptors (Lipinski definition) is 2. The second kappa shape index (κ2) is 7.43.